The van der Waals surface area contributed by atoms with Gasteiger partial charge in [-0.2, -0.15) is 5.26 Å². The molecule has 3 aromatic heterocycles. The van der Waals surface area contributed by atoms with E-state index in [2.05, 4.69) is 11.1 Å². The highest BCUT2D eigenvalue weighted by Gasteiger charge is 2.36. The van der Waals surface area contributed by atoms with E-state index in [9.17, 15) is 24.8 Å². The molecule has 11 nitrogen and oxygen atoms in total. The van der Waals surface area contributed by atoms with Gasteiger partial charge in [0, 0.05) is 18.8 Å². The normalized spacial score (nSPS) is 15.2. The third kappa shape index (κ3) is 4.77. The lowest BCUT2D eigenvalue weighted by Gasteiger charge is -2.30. The summed E-state index contributed by atoms with van der Waals surface area (Å²) in [5, 5.41) is 20.0. The van der Waals surface area contributed by atoms with Crippen LogP contribution in [0.5, 0.6) is 0 Å². The van der Waals surface area contributed by atoms with Crippen molar-refractivity contribution in [2.45, 2.75) is 57.9 Å². The Bertz CT molecular complexity index is 1720. The third-order valence-electron chi connectivity index (χ3n) is 7.22. The number of rotatable bonds is 8. The molecule has 1 aliphatic heterocycles. The van der Waals surface area contributed by atoms with Gasteiger partial charge in [-0.3, -0.25) is 9.36 Å². The SMILES string of the molecule is Cc1c(-c2ncco2)sc2c1c(=O)n(C(C)(C)C(=O)O)c(=O)n2C[C@@H](OC1CCOCC1)c1ccccc1C#N. The molecule has 0 aliphatic carbocycles. The van der Waals surface area contributed by atoms with Crippen LogP contribution in [0.15, 0.2) is 50.7 Å². The molecule has 4 heterocycles. The molecule has 0 unspecified atom stereocenters. The van der Waals surface area contributed by atoms with Crippen LogP contribution >= 0.6 is 11.3 Å². The van der Waals surface area contributed by atoms with Crippen LogP contribution in [-0.4, -0.2) is 44.5 Å². The second-order valence-electron chi connectivity index (χ2n) is 10.1. The summed E-state index contributed by atoms with van der Waals surface area (Å²) in [6, 6.07) is 9.20. The summed E-state index contributed by atoms with van der Waals surface area (Å²) in [7, 11) is 0. The number of nitriles is 1. The molecular weight excluding hydrogens is 536 g/mol. The zero-order chi connectivity index (χ0) is 28.6. The summed E-state index contributed by atoms with van der Waals surface area (Å²) in [6.45, 7) is 5.34. The first-order valence-corrected chi connectivity index (χ1v) is 13.6. The topological polar surface area (TPSA) is 150 Å². The number of ether oxygens (including phenoxy) is 2. The Morgan fingerprint density at radius 3 is 2.67 bits per heavy atom. The van der Waals surface area contributed by atoms with Crippen LogP contribution in [0.1, 0.15) is 49.5 Å². The van der Waals surface area contributed by atoms with E-state index in [0.717, 1.165) is 15.9 Å². The first-order valence-electron chi connectivity index (χ1n) is 12.8. The van der Waals surface area contributed by atoms with E-state index in [-0.39, 0.29) is 23.9 Å². The van der Waals surface area contributed by atoms with Gasteiger partial charge in [-0.05, 0) is 45.2 Å². The lowest BCUT2D eigenvalue weighted by molar-refractivity contribution is -0.146. The number of nitrogens with zero attached hydrogens (tertiary/aromatic N) is 4. The number of oxazole rings is 1. The number of hydrogen-bond donors (Lipinski definition) is 1. The van der Waals surface area contributed by atoms with E-state index in [4.69, 9.17) is 13.9 Å². The van der Waals surface area contributed by atoms with Crippen LogP contribution in [0.25, 0.3) is 21.0 Å². The molecule has 1 atom stereocenters. The maximum Gasteiger partial charge on any atom is 0.333 e. The Kier molecular flexibility index (Phi) is 7.46. The Balaban J connectivity index is 1.77. The highest BCUT2D eigenvalue weighted by molar-refractivity contribution is 7.22. The molecule has 5 rings (SSSR count). The van der Waals surface area contributed by atoms with E-state index in [1.807, 2.05) is 0 Å². The number of thiophene rings is 1. The van der Waals surface area contributed by atoms with Crippen molar-refractivity contribution in [2.75, 3.05) is 13.2 Å². The van der Waals surface area contributed by atoms with Crippen LogP contribution in [0.4, 0.5) is 0 Å². The maximum absolute atomic E-state index is 14.1. The van der Waals surface area contributed by atoms with E-state index >= 15 is 0 Å². The molecule has 0 radical (unpaired) electrons. The Labute approximate surface area is 232 Å². The van der Waals surface area contributed by atoms with Gasteiger partial charge in [0.2, 0.25) is 5.89 Å². The second-order valence-corrected chi connectivity index (χ2v) is 11.1. The zero-order valence-electron chi connectivity index (χ0n) is 22.2. The van der Waals surface area contributed by atoms with Crippen molar-refractivity contribution in [1.82, 2.24) is 14.1 Å². The molecule has 0 saturated carbocycles. The van der Waals surface area contributed by atoms with Crippen molar-refractivity contribution in [3.8, 4) is 16.8 Å². The summed E-state index contributed by atoms with van der Waals surface area (Å²) >= 11 is 1.16. The molecule has 0 bridgehead atoms. The van der Waals surface area contributed by atoms with Crippen molar-refractivity contribution in [1.29, 1.82) is 5.26 Å². The van der Waals surface area contributed by atoms with Gasteiger partial charge in [0.1, 0.15) is 22.7 Å². The second kappa shape index (κ2) is 10.8. The van der Waals surface area contributed by atoms with Gasteiger partial charge < -0.3 is 19.0 Å². The molecule has 0 amide bonds. The number of benzene rings is 1. The van der Waals surface area contributed by atoms with Gasteiger partial charge in [-0.1, -0.05) is 18.2 Å². The number of aliphatic carboxylic acids is 1. The van der Waals surface area contributed by atoms with Gasteiger partial charge >= 0.3 is 11.7 Å². The molecule has 1 fully saturated rings. The molecule has 1 saturated heterocycles. The molecule has 1 aromatic carbocycles. The Morgan fingerprint density at radius 1 is 1.30 bits per heavy atom. The van der Waals surface area contributed by atoms with Crippen LogP contribution in [-0.2, 0) is 26.4 Å². The number of aryl methyl sites for hydroxylation is 1. The van der Waals surface area contributed by atoms with Gasteiger partial charge in [0.25, 0.3) is 5.56 Å². The summed E-state index contributed by atoms with van der Waals surface area (Å²) in [5.41, 5.74) is -1.84. The lowest BCUT2D eigenvalue weighted by atomic mass is 10.0. The summed E-state index contributed by atoms with van der Waals surface area (Å²) in [6.07, 6.45) is 3.27. The van der Waals surface area contributed by atoms with Crippen molar-refractivity contribution in [3.05, 3.63) is 74.3 Å². The van der Waals surface area contributed by atoms with Crippen LogP contribution < -0.4 is 11.2 Å². The number of carbonyl (C=O) groups is 1. The minimum atomic E-state index is -1.84. The summed E-state index contributed by atoms with van der Waals surface area (Å²) in [4.78, 5) is 45.2. The van der Waals surface area contributed by atoms with Crippen molar-refractivity contribution >= 4 is 27.5 Å². The van der Waals surface area contributed by atoms with Crippen LogP contribution in [0.2, 0.25) is 0 Å². The summed E-state index contributed by atoms with van der Waals surface area (Å²) in [5.74, 6) is -1.05. The smallest absolute Gasteiger partial charge is 0.333 e. The third-order valence-corrected chi connectivity index (χ3v) is 8.53. The zero-order valence-corrected chi connectivity index (χ0v) is 23.1. The predicted molar refractivity (Wildman–Crippen MR) is 146 cm³/mol. The average Bonchev–Trinajstić information content (AvgIpc) is 3.59. The average molecular weight is 565 g/mol. The Hall–Kier alpha value is -4.05. The fraction of sp³-hybridized carbons (Fsp3) is 0.393. The number of aromatic nitrogens is 3. The molecular formula is C28H28N4O7S. The predicted octanol–water partition coefficient (Wildman–Crippen LogP) is 3.82. The summed E-state index contributed by atoms with van der Waals surface area (Å²) < 4.78 is 19.6. The molecule has 40 heavy (non-hydrogen) atoms. The van der Waals surface area contributed by atoms with Crippen molar-refractivity contribution in [3.63, 3.8) is 0 Å². The number of carboxylic acid groups (broad SMARTS) is 1. The molecule has 0 spiro atoms. The fourth-order valence-corrected chi connectivity index (χ4v) is 6.18. The molecule has 208 valence electrons. The number of fused-ring (bicyclic) bond motifs is 1. The van der Waals surface area contributed by atoms with Crippen molar-refractivity contribution < 1.29 is 23.8 Å². The van der Waals surface area contributed by atoms with Crippen LogP contribution in [0, 0.1) is 18.3 Å². The molecule has 1 aliphatic rings. The minimum absolute atomic E-state index is 0.0632. The minimum Gasteiger partial charge on any atom is -0.480 e. The molecule has 1 N–H and O–H groups in total. The van der Waals surface area contributed by atoms with E-state index in [0.29, 0.717) is 52.5 Å². The van der Waals surface area contributed by atoms with Gasteiger partial charge in [-0.15, -0.1) is 11.3 Å². The Morgan fingerprint density at radius 2 is 2.02 bits per heavy atom. The van der Waals surface area contributed by atoms with Crippen LogP contribution in [0.3, 0.4) is 0 Å². The standard InChI is InChI=1S/C28H28N4O7S/c1-16-21-24(33)32(28(2,3)26(34)35)27(36)31(25(21)40-22(16)23-30-10-13-38-23)15-20(39-18-8-11-37-12-9-18)19-7-5-4-6-17(19)14-29/h4-7,10,13,18,20H,8-9,11-12,15H2,1-3H3,(H,34,35)/t20-/m1/s1. The van der Waals surface area contributed by atoms with E-state index < -0.39 is 28.9 Å². The van der Waals surface area contributed by atoms with Gasteiger partial charge in [-0.25, -0.2) is 19.1 Å². The van der Waals surface area contributed by atoms with Gasteiger partial charge in [0.15, 0.2) is 0 Å². The highest BCUT2D eigenvalue weighted by Crippen LogP contribution is 2.37. The maximum atomic E-state index is 14.1. The quantitative estimate of drug-likeness (QED) is 0.337. The first kappa shape index (κ1) is 27.5. The number of hydrogen-bond acceptors (Lipinski definition) is 9. The fourth-order valence-electron chi connectivity index (χ4n) is 4.94. The largest absolute Gasteiger partial charge is 0.480 e. The van der Waals surface area contributed by atoms with E-state index in [1.165, 1.54) is 30.9 Å². The van der Waals surface area contributed by atoms with E-state index in [1.54, 1.807) is 31.2 Å². The first-order chi connectivity index (χ1) is 19.1. The number of carboxylic acids is 1. The molecule has 4 aromatic rings. The highest BCUT2D eigenvalue weighted by atomic mass is 32.1. The monoisotopic (exact) mass is 564 g/mol. The molecule has 12 heteroatoms. The van der Waals surface area contributed by atoms with Crippen molar-refractivity contribution in [2.24, 2.45) is 0 Å². The van der Waals surface area contributed by atoms with Gasteiger partial charge in [0.05, 0.1) is 40.7 Å². The lowest BCUT2D eigenvalue weighted by Crippen LogP contribution is -2.52.